The Morgan fingerprint density at radius 1 is 1.20 bits per heavy atom. The number of benzene rings is 1. The van der Waals surface area contributed by atoms with Crippen molar-refractivity contribution in [3.8, 4) is 5.75 Å². The summed E-state index contributed by atoms with van der Waals surface area (Å²) in [5, 5.41) is 11.4. The van der Waals surface area contributed by atoms with Crippen molar-refractivity contribution in [1.29, 1.82) is 0 Å². The lowest BCUT2D eigenvalue weighted by molar-refractivity contribution is 0.199. The van der Waals surface area contributed by atoms with Crippen LogP contribution in [-0.4, -0.2) is 41.9 Å². The molecule has 1 N–H and O–H groups in total. The molecule has 20 heavy (non-hydrogen) atoms. The molecule has 6 nitrogen and oxygen atoms in total. The van der Waals surface area contributed by atoms with Crippen LogP contribution >= 0.6 is 0 Å². The summed E-state index contributed by atoms with van der Waals surface area (Å²) in [7, 11) is 1.69. The van der Waals surface area contributed by atoms with E-state index in [1.807, 2.05) is 36.5 Å². The average molecular weight is 276 g/mol. The maximum absolute atomic E-state index is 5.61. The largest absolute Gasteiger partial charge is 0.492 e. The van der Waals surface area contributed by atoms with Crippen molar-refractivity contribution in [1.82, 2.24) is 20.3 Å². The highest BCUT2D eigenvalue weighted by Crippen LogP contribution is 2.07. The van der Waals surface area contributed by atoms with E-state index < -0.39 is 0 Å². The molecule has 0 aliphatic heterocycles. The molecule has 0 amide bonds. The third kappa shape index (κ3) is 4.99. The Kier molecular flexibility index (Phi) is 6.01. The topological polar surface area (TPSA) is 61.2 Å². The van der Waals surface area contributed by atoms with Crippen molar-refractivity contribution >= 4 is 0 Å². The molecule has 108 valence electrons. The Morgan fingerprint density at radius 3 is 2.85 bits per heavy atom. The van der Waals surface area contributed by atoms with Gasteiger partial charge in [0.15, 0.2) is 0 Å². The summed E-state index contributed by atoms with van der Waals surface area (Å²) in [6, 6.07) is 9.75. The molecule has 1 aromatic carbocycles. The third-order valence-electron chi connectivity index (χ3n) is 2.71. The summed E-state index contributed by atoms with van der Waals surface area (Å²) in [5.74, 6) is 0.870. The van der Waals surface area contributed by atoms with Gasteiger partial charge in [-0.2, -0.15) is 0 Å². The van der Waals surface area contributed by atoms with E-state index in [-0.39, 0.29) is 0 Å². The second-order valence-corrected chi connectivity index (χ2v) is 4.30. The summed E-state index contributed by atoms with van der Waals surface area (Å²) in [6.45, 7) is 3.45. The molecule has 0 aliphatic rings. The minimum atomic E-state index is 0.573. The quantitative estimate of drug-likeness (QED) is 0.695. The molecule has 2 rings (SSSR count). The van der Waals surface area contributed by atoms with Crippen molar-refractivity contribution < 1.29 is 9.47 Å². The van der Waals surface area contributed by atoms with Crippen LogP contribution in [0.15, 0.2) is 36.5 Å². The standard InChI is InChI=1S/C14H20N4O2/c1-19-9-7-15-11-13-12-18(17-16-13)8-10-20-14-5-3-2-4-6-14/h2-6,12,15H,7-11H2,1H3. The van der Waals surface area contributed by atoms with Gasteiger partial charge in [-0.15, -0.1) is 5.10 Å². The number of nitrogens with zero attached hydrogens (tertiary/aromatic N) is 3. The summed E-state index contributed by atoms with van der Waals surface area (Å²) < 4.78 is 12.4. The van der Waals surface area contributed by atoms with Crippen LogP contribution in [0.25, 0.3) is 0 Å². The first kappa shape index (κ1) is 14.5. The van der Waals surface area contributed by atoms with E-state index in [0.29, 0.717) is 26.3 Å². The normalized spacial score (nSPS) is 10.7. The molecule has 0 fully saturated rings. The summed E-state index contributed by atoms with van der Waals surface area (Å²) in [4.78, 5) is 0. The maximum Gasteiger partial charge on any atom is 0.119 e. The van der Waals surface area contributed by atoms with Gasteiger partial charge in [-0.1, -0.05) is 23.4 Å². The first-order valence-electron chi connectivity index (χ1n) is 6.65. The lowest BCUT2D eigenvalue weighted by Gasteiger charge is -2.05. The van der Waals surface area contributed by atoms with E-state index in [1.165, 1.54) is 0 Å². The Hall–Kier alpha value is -1.92. The molecule has 1 aromatic heterocycles. The zero-order valence-electron chi connectivity index (χ0n) is 11.7. The third-order valence-corrected chi connectivity index (χ3v) is 2.71. The van der Waals surface area contributed by atoms with Gasteiger partial charge < -0.3 is 14.8 Å². The van der Waals surface area contributed by atoms with Gasteiger partial charge in [0, 0.05) is 26.4 Å². The molecule has 6 heteroatoms. The zero-order valence-corrected chi connectivity index (χ0v) is 11.7. The number of aromatic nitrogens is 3. The van der Waals surface area contributed by atoms with Crippen molar-refractivity contribution in [2.24, 2.45) is 0 Å². The molecule has 0 unspecified atom stereocenters. The molecule has 0 aliphatic carbocycles. The minimum absolute atomic E-state index is 0.573. The number of ether oxygens (including phenoxy) is 2. The molecule has 1 heterocycles. The van der Waals surface area contributed by atoms with Crippen LogP contribution in [0, 0.1) is 0 Å². The van der Waals surface area contributed by atoms with Crippen LogP contribution in [-0.2, 0) is 17.8 Å². The molecule has 0 spiro atoms. The van der Waals surface area contributed by atoms with E-state index in [0.717, 1.165) is 18.0 Å². The van der Waals surface area contributed by atoms with Gasteiger partial charge >= 0.3 is 0 Å². The molecule has 0 saturated carbocycles. The second kappa shape index (κ2) is 8.29. The minimum Gasteiger partial charge on any atom is -0.492 e. The first-order valence-corrected chi connectivity index (χ1v) is 6.65. The Bertz CT molecular complexity index is 487. The van der Waals surface area contributed by atoms with Crippen LogP contribution in [0.2, 0.25) is 0 Å². The fourth-order valence-electron chi connectivity index (χ4n) is 1.69. The van der Waals surface area contributed by atoms with Gasteiger partial charge in [0.25, 0.3) is 0 Å². The van der Waals surface area contributed by atoms with Gasteiger partial charge in [0.1, 0.15) is 12.4 Å². The predicted octanol–water partition coefficient (Wildman–Crippen LogP) is 1.09. The second-order valence-electron chi connectivity index (χ2n) is 4.30. The smallest absolute Gasteiger partial charge is 0.119 e. The van der Waals surface area contributed by atoms with Gasteiger partial charge in [0.05, 0.1) is 18.8 Å². The lowest BCUT2D eigenvalue weighted by atomic mass is 10.3. The summed E-state index contributed by atoms with van der Waals surface area (Å²) in [6.07, 6.45) is 1.92. The van der Waals surface area contributed by atoms with Crippen LogP contribution in [0.3, 0.4) is 0 Å². The number of nitrogens with one attached hydrogen (secondary N) is 1. The van der Waals surface area contributed by atoms with Gasteiger partial charge in [-0.05, 0) is 12.1 Å². The number of hydrogen-bond donors (Lipinski definition) is 1. The number of methoxy groups -OCH3 is 1. The SMILES string of the molecule is COCCNCc1cn(CCOc2ccccc2)nn1. The number of para-hydroxylation sites is 1. The van der Waals surface area contributed by atoms with Crippen molar-refractivity contribution in [2.75, 3.05) is 26.9 Å². The molecule has 0 atom stereocenters. The lowest BCUT2D eigenvalue weighted by Crippen LogP contribution is -2.18. The van der Waals surface area contributed by atoms with Gasteiger partial charge in [-0.25, -0.2) is 4.68 Å². The molecule has 0 bridgehead atoms. The van der Waals surface area contributed by atoms with E-state index in [4.69, 9.17) is 9.47 Å². The monoisotopic (exact) mass is 276 g/mol. The van der Waals surface area contributed by atoms with E-state index in [2.05, 4.69) is 15.6 Å². The van der Waals surface area contributed by atoms with Crippen LogP contribution in [0.5, 0.6) is 5.75 Å². The van der Waals surface area contributed by atoms with Crippen LogP contribution < -0.4 is 10.1 Å². The number of hydrogen-bond acceptors (Lipinski definition) is 5. The van der Waals surface area contributed by atoms with Gasteiger partial charge in [0.2, 0.25) is 0 Å². The van der Waals surface area contributed by atoms with E-state index >= 15 is 0 Å². The van der Waals surface area contributed by atoms with Crippen molar-refractivity contribution in [3.05, 3.63) is 42.2 Å². The highest BCUT2D eigenvalue weighted by molar-refractivity contribution is 5.20. The Balaban J connectivity index is 1.67. The highest BCUT2D eigenvalue weighted by atomic mass is 16.5. The van der Waals surface area contributed by atoms with E-state index in [9.17, 15) is 0 Å². The first-order chi connectivity index (χ1) is 9.88. The molecule has 0 saturated heterocycles. The molecule has 0 radical (unpaired) electrons. The predicted molar refractivity (Wildman–Crippen MR) is 75.5 cm³/mol. The molecular weight excluding hydrogens is 256 g/mol. The number of rotatable bonds is 9. The summed E-state index contributed by atoms with van der Waals surface area (Å²) in [5.41, 5.74) is 0.917. The molecular formula is C14H20N4O2. The highest BCUT2D eigenvalue weighted by Gasteiger charge is 2.00. The van der Waals surface area contributed by atoms with Crippen LogP contribution in [0.1, 0.15) is 5.69 Å². The molecule has 2 aromatic rings. The fourth-order valence-corrected chi connectivity index (χ4v) is 1.69. The van der Waals surface area contributed by atoms with Crippen LogP contribution in [0.4, 0.5) is 0 Å². The average Bonchev–Trinajstić information content (AvgIpc) is 2.93. The van der Waals surface area contributed by atoms with Crippen molar-refractivity contribution in [3.63, 3.8) is 0 Å². The maximum atomic E-state index is 5.61. The zero-order chi connectivity index (χ0) is 14.0. The Labute approximate surface area is 118 Å². The van der Waals surface area contributed by atoms with Crippen molar-refractivity contribution in [2.45, 2.75) is 13.1 Å². The van der Waals surface area contributed by atoms with E-state index in [1.54, 1.807) is 11.8 Å². The summed E-state index contributed by atoms with van der Waals surface area (Å²) >= 11 is 0. The Morgan fingerprint density at radius 2 is 2.05 bits per heavy atom. The fraction of sp³-hybridized carbons (Fsp3) is 0.429. The van der Waals surface area contributed by atoms with Gasteiger partial charge in [-0.3, -0.25) is 0 Å².